The number of cyclic esters (lactones) is 1. The number of carbonyl (C=O) groups is 3. The van der Waals surface area contributed by atoms with Gasteiger partial charge in [0.25, 0.3) is 0 Å². The summed E-state index contributed by atoms with van der Waals surface area (Å²) in [7, 11) is 1.48. The molecule has 262 valence electrons. The maximum absolute atomic E-state index is 13.9. The minimum absolute atomic E-state index is 0.118. The number of rotatable bonds is 6. The van der Waals surface area contributed by atoms with Crippen LogP contribution in [0.15, 0.2) is 0 Å². The van der Waals surface area contributed by atoms with Crippen LogP contribution < -0.4 is 0 Å². The average molecular weight is 647 g/mol. The SMILES string of the molecule is CO[C@]1(C)C[C@H](OC2[C@@H](C)C(=O)O[C@H]([C@@H](C)[C@H](C)O)[C@H](C)[C@H](OC(C)=O)[C@@H](C)C(=O)[C@@](C)(O)C[C@H](C)[C@H](O)[C@H]2C)O[C@@H](C)[C@H]1O. The zero-order valence-corrected chi connectivity index (χ0v) is 29.1. The Labute approximate surface area is 268 Å². The zero-order valence-electron chi connectivity index (χ0n) is 29.1. The van der Waals surface area contributed by atoms with Crippen LogP contribution in [0.3, 0.4) is 0 Å². The van der Waals surface area contributed by atoms with Gasteiger partial charge in [-0.25, -0.2) is 0 Å². The normalized spacial score (nSPS) is 45.6. The van der Waals surface area contributed by atoms with E-state index in [4.69, 9.17) is 23.7 Å². The van der Waals surface area contributed by atoms with E-state index in [1.54, 1.807) is 62.3 Å². The summed E-state index contributed by atoms with van der Waals surface area (Å²) in [5.41, 5.74) is -2.90. The second-order valence-electron chi connectivity index (χ2n) is 14.2. The van der Waals surface area contributed by atoms with Crippen molar-refractivity contribution in [1.82, 2.24) is 0 Å². The van der Waals surface area contributed by atoms with Gasteiger partial charge < -0.3 is 44.1 Å². The van der Waals surface area contributed by atoms with E-state index in [2.05, 4.69) is 0 Å². The van der Waals surface area contributed by atoms with E-state index >= 15 is 0 Å². The summed E-state index contributed by atoms with van der Waals surface area (Å²) >= 11 is 0. The van der Waals surface area contributed by atoms with E-state index in [0.717, 1.165) is 0 Å². The number of esters is 2. The van der Waals surface area contributed by atoms with E-state index in [1.807, 2.05) is 0 Å². The summed E-state index contributed by atoms with van der Waals surface area (Å²) in [4.78, 5) is 39.9. The Morgan fingerprint density at radius 3 is 2.04 bits per heavy atom. The topological polar surface area (TPSA) is 178 Å². The van der Waals surface area contributed by atoms with Gasteiger partial charge in [0, 0.05) is 38.2 Å². The fraction of sp³-hybridized carbons (Fsp3) is 0.909. The smallest absolute Gasteiger partial charge is 0.311 e. The lowest BCUT2D eigenvalue weighted by Crippen LogP contribution is -2.57. The lowest BCUT2D eigenvalue weighted by Gasteiger charge is -2.46. The van der Waals surface area contributed by atoms with Gasteiger partial charge in [-0.1, -0.05) is 34.6 Å². The minimum Gasteiger partial charge on any atom is -0.461 e. The maximum Gasteiger partial charge on any atom is 0.311 e. The monoisotopic (exact) mass is 646 g/mol. The van der Waals surface area contributed by atoms with Gasteiger partial charge in [-0.3, -0.25) is 14.4 Å². The molecule has 0 radical (unpaired) electrons. The molecule has 0 amide bonds. The first-order valence-corrected chi connectivity index (χ1v) is 16.1. The van der Waals surface area contributed by atoms with Crippen LogP contribution in [0.4, 0.5) is 0 Å². The van der Waals surface area contributed by atoms with E-state index in [0.29, 0.717) is 0 Å². The Morgan fingerprint density at radius 1 is 0.956 bits per heavy atom. The molecule has 45 heavy (non-hydrogen) atoms. The van der Waals surface area contributed by atoms with Gasteiger partial charge in [0.05, 0.1) is 41.9 Å². The highest BCUT2D eigenvalue weighted by Crippen LogP contribution is 2.38. The number of hydrogen-bond acceptors (Lipinski definition) is 12. The van der Waals surface area contributed by atoms with Gasteiger partial charge in [-0.05, 0) is 47.0 Å². The van der Waals surface area contributed by atoms with Crippen LogP contribution in [0.25, 0.3) is 0 Å². The van der Waals surface area contributed by atoms with Crippen molar-refractivity contribution in [1.29, 1.82) is 0 Å². The summed E-state index contributed by atoms with van der Waals surface area (Å²) in [6.45, 7) is 17.5. The second-order valence-corrected chi connectivity index (χ2v) is 14.2. The third-order valence-corrected chi connectivity index (χ3v) is 10.3. The third kappa shape index (κ3) is 9.03. The minimum atomic E-state index is -1.90. The van der Waals surface area contributed by atoms with Gasteiger partial charge >= 0.3 is 11.9 Å². The summed E-state index contributed by atoms with van der Waals surface area (Å²) in [6, 6.07) is 0. The Bertz CT molecular complexity index is 1020. The van der Waals surface area contributed by atoms with Crippen LogP contribution in [0.5, 0.6) is 0 Å². The summed E-state index contributed by atoms with van der Waals surface area (Å²) in [5, 5.41) is 44.3. The van der Waals surface area contributed by atoms with E-state index in [1.165, 1.54) is 21.0 Å². The van der Waals surface area contributed by atoms with Crippen molar-refractivity contribution in [2.45, 2.75) is 149 Å². The van der Waals surface area contributed by atoms with E-state index in [9.17, 15) is 34.8 Å². The fourth-order valence-corrected chi connectivity index (χ4v) is 7.05. The van der Waals surface area contributed by atoms with Crippen molar-refractivity contribution in [2.24, 2.45) is 35.5 Å². The Balaban J connectivity index is 2.65. The molecule has 2 rings (SSSR count). The van der Waals surface area contributed by atoms with Crippen molar-refractivity contribution < 1.29 is 58.5 Å². The number of ether oxygens (including phenoxy) is 5. The molecule has 0 bridgehead atoms. The number of methoxy groups -OCH3 is 1. The molecular weight excluding hydrogens is 588 g/mol. The second kappa shape index (κ2) is 15.5. The molecule has 2 saturated heterocycles. The molecule has 2 aliphatic heterocycles. The number of ketones is 1. The average Bonchev–Trinajstić information content (AvgIpc) is 2.96. The van der Waals surface area contributed by atoms with Crippen LogP contribution in [0.2, 0.25) is 0 Å². The number of hydrogen-bond donors (Lipinski definition) is 4. The van der Waals surface area contributed by atoms with Crippen molar-refractivity contribution in [2.75, 3.05) is 7.11 Å². The Kier molecular flexibility index (Phi) is 13.6. The molecule has 0 aromatic rings. The Hall–Kier alpha value is -1.67. The first-order valence-electron chi connectivity index (χ1n) is 16.1. The molecular formula is C33H58O12. The standard InChI is InChI=1S/C33H58O12/c1-15-13-32(10,40)29(37)19(5)28(43-23(9)35)18(4)26(16(2)21(7)34)45-31(39)20(6)27(17(3)25(15)36)44-24-14-33(11,41-12)30(38)22(8)42-24/h15-22,24-28,30,34,36,38,40H,13-14H2,1-12H3/t15-,16-,17+,18-,19+,20+,21-,22-,24-,25-,26+,27?,28-,30+,32-,33+/m0/s1. The molecule has 2 heterocycles. The van der Waals surface area contributed by atoms with Gasteiger partial charge in [0.2, 0.25) is 0 Å². The Morgan fingerprint density at radius 2 is 1.53 bits per heavy atom. The first kappa shape index (κ1) is 39.5. The molecule has 0 aromatic carbocycles. The van der Waals surface area contributed by atoms with Crippen LogP contribution >= 0.6 is 0 Å². The van der Waals surface area contributed by atoms with Gasteiger partial charge in [0.15, 0.2) is 12.1 Å². The van der Waals surface area contributed by atoms with Crippen molar-refractivity contribution >= 4 is 17.7 Å². The quantitative estimate of drug-likeness (QED) is 0.310. The van der Waals surface area contributed by atoms with Crippen molar-refractivity contribution in [3.05, 3.63) is 0 Å². The summed E-state index contributed by atoms with van der Waals surface area (Å²) < 4.78 is 29.7. The van der Waals surface area contributed by atoms with Gasteiger partial charge in [-0.2, -0.15) is 0 Å². The lowest BCUT2D eigenvalue weighted by atomic mass is 9.74. The van der Waals surface area contributed by atoms with Crippen LogP contribution in [-0.2, 0) is 38.1 Å². The largest absolute Gasteiger partial charge is 0.461 e. The zero-order chi connectivity index (χ0) is 34.8. The molecule has 0 aliphatic carbocycles. The van der Waals surface area contributed by atoms with E-state index < -0.39 is 113 Å². The molecule has 0 aromatic heterocycles. The molecule has 2 aliphatic rings. The van der Waals surface area contributed by atoms with Crippen LogP contribution in [0.1, 0.15) is 89.0 Å². The highest BCUT2D eigenvalue weighted by molar-refractivity contribution is 5.89. The lowest BCUT2D eigenvalue weighted by molar-refractivity contribution is -0.298. The summed E-state index contributed by atoms with van der Waals surface area (Å²) in [5.74, 6) is -6.65. The van der Waals surface area contributed by atoms with Gasteiger partial charge in [-0.15, -0.1) is 0 Å². The van der Waals surface area contributed by atoms with Crippen LogP contribution in [0, 0.1) is 35.5 Å². The highest BCUT2D eigenvalue weighted by atomic mass is 16.7. The molecule has 12 nitrogen and oxygen atoms in total. The first-order chi connectivity index (χ1) is 20.6. The number of aliphatic hydroxyl groups is 4. The highest BCUT2D eigenvalue weighted by Gasteiger charge is 2.50. The molecule has 0 spiro atoms. The predicted molar refractivity (Wildman–Crippen MR) is 164 cm³/mol. The van der Waals surface area contributed by atoms with Crippen molar-refractivity contribution in [3.8, 4) is 0 Å². The number of Topliss-reactive ketones (excluding diaryl/α,β-unsaturated/α-hetero) is 1. The third-order valence-electron chi connectivity index (χ3n) is 10.3. The number of carbonyl (C=O) groups excluding carboxylic acids is 3. The van der Waals surface area contributed by atoms with Gasteiger partial charge in [0.1, 0.15) is 23.9 Å². The summed E-state index contributed by atoms with van der Waals surface area (Å²) in [6.07, 6.45) is -7.65. The number of aliphatic hydroxyl groups excluding tert-OH is 3. The molecule has 0 saturated carbocycles. The molecule has 4 N–H and O–H groups in total. The van der Waals surface area contributed by atoms with Crippen LogP contribution in [-0.4, -0.2) is 105 Å². The fourth-order valence-electron chi connectivity index (χ4n) is 7.05. The molecule has 12 heteroatoms. The molecule has 1 unspecified atom stereocenters. The maximum atomic E-state index is 13.9. The molecule has 2 fully saturated rings. The molecule has 16 atom stereocenters. The van der Waals surface area contributed by atoms with E-state index in [-0.39, 0.29) is 12.8 Å². The predicted octanol–water partition coefficient (Wildman–Crippen LogP) is 2.40. The van der Waals surface area contributed by atoms with Crippen molar-refractivity contribution in [3.63, 3.8) is 0 Å².